The zero-order valence-electron chi connectivity index (χ0n) is 11.6. The summed E-state index contributed by atoms with van der Waals surface area (Å²) in [6.45, 7) is 1.81. The molecule has 21 heavy (non-hydrogen) atoms. The third-order valence-electron chi connectivity index (χ3n) is 3.49. The van der Waals surface area contributed by atoms with Crippen molar-refractivity contribution in [2.75, 3.05) is 26.3 Å². The summed E-state index contributed by atoms with van der Waals surface area (Å²) in [7, 11) is 0. The second-order valence-corrected chi connectivity index (χ2v) is 5.02. The molecule has 112 valence electrons. The lowest BCUT2D eigenvalue weighted by atomic mass is 10.1. The first-order valence-electron chi connectivity index (χ1n) is 6.85. The highest BCUT2D eigenvalue weighted by Gasteiger charge is 2.26. The molecule has 0 aliphatic carbocycles. The molecule has 0 saturated carbocycles. The molecule has 0 aromatic heterocycles. The number of halogens is 1. The third kappa shape index (κ3) is 3.70. The minimum absolute atomic E-state index is 0.161. The van der Waals surface area contributed by atoms with Gasteiger partial charge in [-0.15, -0.1) is 0 Å². The van der Waals surface area contributed by atoms with Crippen molar-refractivity contribution in [2.24, 2.45) is 5.92 Å². The molecule has 5 nitrogen and oxygen atoms in total. The normalized spacial score (nSPS) is 17.4. The van der Waals surface area contributed by atoms with Gasteiger partial charge >= 0.3 is 0 Å². The highest BCUT2D eigenvalue weighted by molar-refractivity contribution is 5.97. The van der Waals surface area contributed by atoms with Crippen LogP contribution in [0.4, 0.5) is 4.39 Å². The van der Waals surface area contributed by atoms with E-state index in [4.69, 9.17) is 10.00 Å². The average molecular weight is 292 g/mol. The maximum absolute atomic E-state index is 13.8. The van der Waals surface area contributed by atoms with Crippen LogP contribution in [-0.2, 0) is 4.74 Å². The summed E-state index contributed by atoms with van der Waals surface area (Å²) in [4.78, 5) is 13.9. The van der Waals surface area contributed by atoms with Gasteiger partial charge in [0.1, 0.15) is 17.1 Å². The zero-order chi connectivity index (χ0) is 15.2. The molecule has 0 bridgehead atoms. The van der Waals surface area contributed by atoms with Crippen molar-refractivity contribution in [3.63, 3.8) is 0 Å². The summed E-state index contributed by atoms with van der Waals surface area (Å²) in [5, 5.41) is 18.4. The van der Waals surface area contributed by atoms with Crippen LogP contribution < -0.4 is 0 Å². The number of phenolic OH excluding ortho intramolecular Hbond substituents is 1. The van der Waals surface area contributed by atoms with Gasteiger partial charge in [0, 0.05) is 25.6 Å². The molecule has 1 heterocycles. The molecule has 1 aromatic rings. The Morgan fingerprint density at radius 2 is 2.38 bits per heavy atom. The molecule has 1 aromatic carbocycles. The summed E-state index contributed by atoms with van der Waals surface area (Å²) < 4.78 is 19.1. The van der Waals surface area contributed by atoms with Crippen LogP contribution in [0.2, 0.25) is 0 Å². The number of ether oxygens (including phenoxy) is 1. The second-order valence-electron chi connectivity index (χ2n) is 5.02. The van der Waals surface area contributed by atoms with Crippen molar-refractivity contribution in [1.82, 2.24) is 4.90 Å². The highest BCUT2D eigenvalue weighted by Crippen LogP contribution is 2.23. The molecular formula is C15H17FN2O3. The SMILES string of the molecule is N#CCCN(CC1CCOC1)C(=O)c1c(O)cccc1F. The summed E-state index contributed by atoms with van der Waals surface area (Å²) in [6.07, 6.45) is 0.994. The predicted octanol–water partition coefficient (Wildman–Crippen LogP) is 1.92. The van der Waals surface area contributed by atoms with E-state index in [0.717, 1.165) is 12.5 Å². The Bertz CT molecular complexity index is 530. The van der Waals surface area contributed by atoms with E-state index in [9.17, 15) is 14.3 Å². The quantitative estimate of drug-likeness (QED) is 0.900. The van der Waals surface area contributed by atoms with Crippen LogP contribution in [0.5, 0.6) is 5.75 Å². The number of carbonyl (C=O) groups excluding carboxylic acids is 1. The largest absolute Gasteiger partial charge is 0.507 e. The Hall–Kier alpha value is -2.13. The molecule has 1 amide bonds. The first-order chi connectivity index (χ1) is 10.1. The van der Waals surface area contributed by atoms with Crippen LogP contribution >= 0.6 is 0 Å². The number of nitriles is 1. The van der Waals surface area contributed by atoms with Crippen molar-refractivity contribution in [3.8, 4) is 11.8 Å². The topological polar surface area (TPSA) is 73.6 Å². The number of nitrogens with zero attached hydrogens (tertiary/aromatic N) is 2. The molecule has 1 unspecified atom stereocenters. The van der Waals surface area contributed by atoms with E-state index in [1.165, 1.54) is 17.0 Å². The standard InChI is InChI=1S/C15H17FN2O3/c16-12-3-1-4-13(19)14(12)15(20)18(7-2-6-17)9-11-5-8-21-10-11/h1,3-4,11,19H,2,5,7-10H2. The maximum atomic E-state index is 13.8. The Balaban J connectivity index is 2.18. The van der Waals surface area contributed by atoms with E-state index < -0.39 is 11.7 Å². The number of aromatic hydroxyl groups is 1. The number of amides is 1. The molecule has 1 aliphatic rings. The Kier molecular flexibility index (Phi) is 5.12. The van der Waals surface area contributed by atoms with Crippen molar-refractivity contribution in [3.05, 3.63) is 29.6 Å². The van der Waals surface area contributed by atoms with Gasteiger partial charge in [-0.05, 0) is 18.6 Å². The van der Waals surface area contributed by atoms with E-state index >= 15 is 0 Å². The number of phenols is 1. The number of benzene rings is 1. The van der Waals surface area contributed by atoms with Crippen molar-refractivity contribution in [2.45, 2.75) is 12.8 Å². The lowest BCUT2D eigenvalue weighted by Gasteiger charge is -2.25. The monoisotopic (exact) mass is 292 g/mol. The van der Waals surface area contributed by atoms with Crippen LogP contribution in [0.3, 0.4) is 0 Å². The second kappa shape index (κ2) is 7.04. The van der Waals surface area contributed by atoms with Gasteiger partial charge in [0.15, 0.2) is 0 Å². The van der Waals surface area contributed by atoms with Gasteiger partial charge in [-0.3, -0.25) is 4.79 Å². The van der Waals surface area contributed by atoms with Gasteiger partial charge in [-0.2, -0.15) is 5.26 Å². The molecule has 1 aliphatic heterocycles. The van der Waals surface area contributed by atoms with E-state index in [1.54, 1.807) is 0 Å². The lowest BCUT2D eigenvalue weighted by Crippen LogP contribution is -2.37. The molecule has 1 saturated heterocycles. The molecule has 0 spiro atoms. The van der Waals surface area contributed by atoms with Crippen LogP contribution in [0.25, 0.3) is 0 Å². The fourth-order valence-corrected chi connectivity index (χ4v) is 2.38. The van der Waals surface area contributed by atoms with Gasteiger partial charge in [-0.25, -0.2) is 4.39 Å². The smallest absolute Gasteiger partial charge is 0.260 e. The molecular weight excluding hydrogens is 275 g/mol. The summed E-state index contributed by atoms with van der Waals surface area (Å²) in [5.74, 6) is -1.55. The van der Waals surface area contributed by atoms with Gasteiger partial charge < -0.3 is 14.7 Å². The number of rotatable bonds is 5. The molecule has 0 radical (unpaired) electrons. The van der Waals surface area contributed by atoms with Gasteiger partial charge in [0.2, 0.25) is 0 Å². The van der Waals surface area contributed by atoms with Crippen molar-refractivity contribution in [1.29, 1.82) is 5.26 Å². The fraction of sp³-hybridized carbons (Fsp3) is 0.467. The van der Waals surface area contributed by atoms with E-state index in [2.05, 4.69) is 0 Å². The Morgan fingerprint density at radius 1 is 1.57 bits per heavy atom. The number of hydrogen-bond acceptors (Lipinski definition) is 4. The van der Waals surface area contributed by atoms with Crippen LogP contribution in [0.15, 0.2) is 18.2 Å². The minimum atomic E-state index is -0.760. The molecule has 2 rings (SSSR count). The Labute approximate surface area is 122 Å². The van der Waals surface area contributed by atoms with Crippen LogP contribution in [-0.4, -0.2) is 42.2 Å². The van der Waals surface area contributed by atoms with Gasteiger partial charge in [0.05, 0.1) is 19.1 Å². The zero-order valence-corrected chi connectivity index (χ0v) is 11.6. The fourth-order valence-electron chi connectivity index (χ4n) is 2.38. The van der Waals surface area contributed by atoms with Crippen molar-refractivity contribution >= 4 is 5.91 Å². The minimum Gasteiger partial charge on any atom is -0.507 e. The lowest BCUT2D eigenvalue weighted by molar-refractivity contribution is 0.0716. The van der Waals surface area contributed by atoms with Gasteiger partial charge in [-0.1, -0.05) is 6.07 Å². The third-order valence-corrected chi connectivity index (χ3v) is 3.49. The number of carbonyl (C=O) groups is 1. The summed E-state index contributed by atoms with van der Waals surface area (Å²) >= 11 is 0. The summed E-state index contributed by atoms with van der Waals surface area (Å²) in [5.41, 5.74) is -0.339. The van der Waals surface area contributed by atoms with E-state index in [1.807, 2.05) is 6.07 Å². The van der Waals surface area contributed by atoms with Crippen LogP contribution in [0, 0.1) is 23.1 Å². The van der Waals surface area contributed by atoms with Crippen molar-refractivity contribution < 1.29 is 19.0 Å². The predicted molar refractivity (Wildman–Crippen MR) is 73.1 cm³/mol. The van der Waals surface area contributed by atoms with E-state index in [-0.39, 0.29) is 30.2 Å². The van der Waals surface area contributed by atoms with Crippen LogP contribution in [0.1, 0.15) is 23.2 Å². The first kappa shape index (κ1) is 15.3. The van der Waals surface area contributed by atoms with Gasteiger partial charge in [0.25, 0.3) is 5.91 Å². The molecule has 1 N–H and O–H groups in total. The molecule has 1 fully saturated rings. The number of hydrogen-bond donors (Lipinski definition) is 1. The Morgan fingerprint density at radius 3 is 3.00 bits per heavy atom. The first-order valence-corrected chi connectivity index (χ1v) is 6.85. The maximum Gasteiger partial charge on any atom is 0.260 e. The molecule has 1 atom stereocenters. The van der Waals surface area contributed by atoms with E-state index in [0.29, 0.717) is 19.8 Å². The average Bonchev–Trinajstić information content (AvgIpc) is 2.96. The summed E-state index contributed by atoms with van der Waals surface area (Å²) in [6, 6.07) is 5.72. The highest BCUT2D eigenvalue weighted by atomic mass is 19.1. The molecule has 6 heteroatoms.